The Morgan fingerprint density at radius 3 is 2.44 bits per heavy atom. The van der Waals surface area contributed by atoms with E-state index in [9.17, 15) is 10.1 Å². The van der Waals surface area contributed by atoms with Gasteiger partial charge in [-0.1, -0.05) is 0 Å². The number of nitrogens with zero attached hydrogens (tertiary/aromatic N) is 2. The first-order valence-corrected chi connectivity index (χ1v) is 5.73. The number of nitrogens with two attached hydrogens (primary N) is 1. The Labute approximate surface area is 103 Å². The molecule has 2 aliphatic rings. The lowest BCUT2D eigenvalue weighted by atomic mass is 10.1. The fraction of sp³-hybridized carbons (Fsp3) is 0.455. The molecule has 2 aliphatic heterocycles. The Balaban J connectivity index is 2.02. The minimum absolute atomic E-state index is 0.0335. The zero-order valence-corrected chi connectivity index (χ0v) is 9.67. The van der Waals surface area contributed by atoms with E-state index >= 15 is 0 Å². The molecule has 0 unspecified atom stereocenters. The smallest absolute Gasteiger partial charge is 0.296 e. The zero-order chi connectivity index (χ0) is 12.7. The van der Waals surface area contributed by atoms with Gasteiger partial charge in [0.25, 0.3) is 5.69 Å². The average Bonchev–Trinajstić information content (AvgIpc) is 2.33. The molecule has 0 aromatic heterocycles. The SMILES string of the molecule is NC1CN(c2cc3c(cc2[N+](=O)[O-])OCCO3)C1. The first-order valence-electron chi connectivity index (χ1n) is 5.73. The second-order valence-electron chi connectivity index (χ2n) is 4.41. The lowest BCUT2D eigenvalue weighted by molar-refractivity contribution is -0.384. The van der Waals surface area contributed by atoms with Crippen molar-refractivity contribution in [3.8, 4) is 11.5 Å². The molecule has 0 radical (unpaired) electrons. The Bertz CT molecular complexity index is 499. The van der Waals surface area contributed by atoms with E-state index < -0.39 is 4.92 Å². The summed E-state index contributed by atoms with van der Waals surface area (Å²) in [6, 6.07) is 3.17. The summed E-state index contributed by atoms with van der Waals surface area (Å²) in [5.41, 5.74) is 6.28. The molecule has 0 atom stereocenters. The molecule has 2 heterocycles. The van der Waals surface area contributed by atoms with Crippen molar-refractivity contribution >= 4 is 11.4 Å². The summed E-state index contributed by atoms with van der Waals surface area (Å²) >= 11 is 0. The third kappa shape index (κ3) is 1.72. The van der Waals surface area contributed by atoms with Gasteiger partial charge in [0.1, 0.15) is 18.9 Å². The quantitative estimate of drug-likeness (QED) is 0.608. The minimum atomic E-state index is -0.405. The predicted octanol–water partition coefficient (Wildman–Crippen LogP) is 0.513. The topological polar surface area (TPSA) is 90.9 Å². The second-order valence-corrected chi connectivity index (χ2v) is 4.41. The van der Waals surface area contributed by atoms with Crippen molar-refractivity contribution < 1.29 is 14.4 Å². The molecular weight excluding hydrogens is 238 g/mol. The van der Waals surface area contributed by atoms with Gasteiger partial charge < -0.3 is 20.1 Å². The van der Waals surface area contributed by atoms with Crippen molar-refractivity contribution in [2.45, 2.75) is 6.04 Å². The molecular formula is C11H13N3O4. The molecule has 1 fully saturated rings. The third-order valence-corrected chi connectivity index (χ3v) is 3.09. The molecule has 0 saturated carbocycles. The van der Waals surface area contributed by atoms with Crippen LogP contribution in [0.3, 0.4) is 0 Å². The fourth-order valence-electron chi connectivity index (χ4n) is 2.18. The number of rotatable bonds is 2. The maximum absolute atomic E-state index is 11.1. The van der Waals surface area contributed by atoms with Crippen LogP contribution in [0, 0.1) is 10.1 Å². The number of nitro groups is 1. The number of fused-ring (bicyclic) bond motifs is 1. The molecule has 1 saturated heterocycles. The van der Waals surface area contributed by atoms with Gasteiger partial charge in [0.05, 0.1) is 11.0 Å². The van der Waals surface area contributed by atoms with Gasteiger partial charge in [-0.25, -0.2) is 0 Å². The molecule has 7 nitrogen and oxygen atoms in total. The van der Waals surface area contributed by atoms with Crippen LogP contribution in [-0.4, -0.2) is 37.3 Å². The summed E-state index contributed by atoms with van der Waals surface area (Å²) in [7, 11) is 0. The van der Waals surface area contributed by atoms with E-state index in [1.54, 1.807) is 6.07 Å². The van der Waals surface area contributed by atoms with Gasteiger partial charge in [0.2, 0.25) is 0 Å². The van der Waals surface area contributed by atoms with Crippen molar-refractivity contribution in [3.05, 3.63) is 22.2 Å². The van der Waals surface area contributed by atoms with E-state index in [0.29, 0.717) is 43.5 Å². The van der Waals surface area contributed by atoms with Gasteiger partial charge in [-0.15, -0.1) is 0 Å². The van der Waals surface area contributed by atoms with Gasteiger partial charge in [-0.3, -0.25) is 10.1 Å². The van der Waals surface area contributed by atoms with Crippen LogP contribution in [0.15, 0.2) is 12.1 Å². The van der Waals surface area contributed by atoms with Crippen LogP contribution in [0.2, 0.25) is 0 Å². The Kier molecular flexibility index (Phi) is 2.48. The Hall–Kier alpha value is -2.02. The maximum atomic E-state index is 11.1. The van der Waals surface area contributed by atoms with Crippen LogP contribution >= 0.6 is 0 Å². The minimum Gasteiger partial charge on any atom is -0.486 e. The molecule has 18 heavy (non-hydrogen) atoms. The standard InChI is InChI=1S/C11H13N3O4/c12-7-5-13(6-7)8-3-10-11(18-2-1-17-10)4-9(8)14(15)16/h3-4,7H,1-2,5-6,12H2. The number of nitro benzene ring substituents is 1. The number of hydrogen-bond acceptors (Lipinski definition) is 6. The fourth-order valence-corrected chi connectivity index (χ4v) is 2.18. The number of hydrogen-bond donors (Lipinski definition) is 1. The van der Waals surface area contributed by atoms with E-state index in [4.69, 9.17) is 15.2 Å². The highest BCUT2D eigenvalue weighted by molar-refractivity contribution is 5.71. The molecule has 3 rings (SSSR count). The maximum Gasteiger partial charge on any atom is 0.296 e. The molecule has 0 aliphatic carbocycles. The van der Waals surface area contributed by atoms with Gasteiger partial charge in [0.15, 0.2) is 11.5 Å². The zero-order valence-electron chi connectivity index (χ0n) is 9.67. The molecule has 1 aromatic rings. The van der Waals surface area contributed by atoms with E-state index in [1.165, 1.54) is 6.07 Å². The van der Waals surface area contributed by atoms with Crippen molar-refractivity contribution in [2.75, 3.05) is 31.2 Å². The normalized spacial score (nSPS) is 18.4. The number of benzene rings is 1. The molecule has 0 amide bonds. The summed E-state index contributed by atoms with van der Waals surface area (Å²) in [5.74, 6) is 0.990. The summed E-state index contributed by atoms with van der Waals surface area (Å²) in [5, 5.41) is 11.1. The van der Waals surface area contributed by atoms with Gasteiger partial charge >= 0.3 is 0 Å². The molecule has 1 aromatic carbocycles. The van der Waals surface area contributed by atoms with E-state index in [0.717, 1.165) is 0 Å². The number of anilines is 1. The highest BCUT2D eigenvalue weighted by Crippen LogP contribution is 2.42. The van der Waals surface area contributed by atoms with Crippen molar-refractivity contribution in [1.82, 2.24) is 0 Å². The monoisotopic (exact) mass is 251 g/mol. The molecule has 96 valence electrons. The highest BCUT2D eigenvalue weighted by atomic mass is 16.6. The molecule has 0 spiro atoms. The number of ether oxygens (including phenoxy) is 2. The van der Waals surface area contributed by atoms with Crippen molar-refractivity contribution in [1.29, 1.82) is 0 Å². The first-order chi connectivity index (χ1) is 8.65. The summed E-state index contributed by atoms with van der Waals surface area (Å²) in [4.78, 5) is 12.6. The first kappa shape index (κ1) is 11.1. The highest BCUT2D eigenvalue weighted by Gasteiger charge is 2.31. The summed E-state index contributed by atoms with van der Waals surface area (Å²) < 4.78 is 10.8. The average molecular weight is 251 g/mol. The third-order valence-electron chi connectivity index (χ3n) is 3.09. The lowest BCUT2D eigenvalue weighted by Crippen LogP contribution is -2.56. The molecule has 7 heteroatoms. The van der Waals surface area contributed by atoms with Crippen LogP contribution in [0.1, 0.15) is 0 Å². The molecule has 2 N–H and O–H groups in total. The van der Waals surface area contributed by atoms with Crippen LogP contribution < -0.4 is 20.1 Å². The van der Waals surface area contributed by atoms with Crippen molar-refractivity contribution in [3.63, 3.8) is 0 Å². The summed E-state index contributed by atoms with van der Waals surface area (Å²) in [6.45, 7) is 2.13. The molecule has 0 bridgehead atoms. The van der Waals surface area contributed by atoms with Crippen molar-refractivity contribution in [2.24, 2.45) is 5.73 Å². The second kappa shape index (κ2) is 4.02. The van der Waals surface area contributed by atoms with Crippen LogP contribution in [0.4, 0.5) is 11.4 Å². The van der Waals surface area contributed by atoms with Gasteiger partial charge in [0, 0.05) is 25.2 Å². The predicted molar refractivity (Wildman–Crippen MR) is 64.3 cm³/mol. The van der Waals surface area contributed by atoms with Crippen LogP contribution in [-0.2, 0) is 0 Å². The van der Waals surface area contributed by atoms with E-state index in [1.807, 2.05) is 4.90 Å². The van der Waals surface area contributed by atoms with E-state index in [2.05, 4.69) is 0 Å². The Morgan fingerprint density at radius 2 is 1.89 bits per heavy atom. The lowest BCUT2D eigenvalue weighted by Gasteiger charge is -2.38. The largest absolute Gasteiger partial charge is 0.486 e. The van der Waals surface area contributed by atoms with Crippen LogP contribution in [0.5, 0.6) is 11.5 Å². The van der Waals surface area contributed by atoms with Gasteiger partial charge in [-0.2, -0.15) is 0 Å². The van der Waals surface area contributed by atoms with E-state index in [-0.39, 0.29) is 11.7 Å². The summed E-state index contributed by atoms with van der Waals surface area (Å²) in [6.07, 6.45) is 0. The van der Waals surface area contributed by atoms with Crippen LogP contribution in [0.25, 0.3) is 0 Å². The van der Waals surface area contributed by atoms with Gasteiger partial charge in [-0.05, 0) is 0 Å². The Morgan fingerprint density at radius 1 is 1.28 bits per heavy atom.